The first-order valence-corrected chi connectivity index (χ1v) is 13.2. The fraction of sp³-hybridized carbons (Fsp3) is 0.312. The maximum Gasteiger partial charge on any atom is 0.331 e. The molecule has 0 amide bonds. The molecule has 0 N–H and O–H groups in total. The van der Waals surface area contributed by atoms with Crippen molar-refractivity contribution in [1.82, 2.24) is 0 Å². The zero-order valence-corrected chi connectivity index (χ0v) is 22.7. The number of hydrogen-bond acceptors (Lipinski definition) is 6. The second-order valence-corrected chi connectivity index (χ2v) is 9.24. The molecule has 6 heteroatoms. The Hall–Kier alpha value is -4.06. The zero-order chi connectivity index (χ0) is 27.5. The molecular weight excluding hydrogens is 476 g/mol. The van der Waals surface area contributed by atoms with Gasteiger partial charge in [0.2, 0.25) is 5.78 Å². The van der Waals surface area contributed by atoms with Gasteiger partial charge < -0.3 is 9.74 Å². The van der Waals surface area contributed by atoms with Gasteiger partial charge in [-0.25, -0.2) is 4.79 Å². The molecule has 0 radical (unpaired) electrons. The van der Waals surface area contributed by atoms with E-state index in [1.807, 2.05) is 74.5 Å². The largest absolute Gasteiger partial charge is 0.342 e. The summed E-state index contributed by atoms with van der Waals surface area (Å²) in [5, 5.41) is 3.85. The summed E-state index contributed by atoms with van der Waals surface area (Å²) in [5.41, 5.74) is 4.90. The molecule has 38 heavy (non-hydrogen) atoms. The van der Waals surface area contributed by atoms with Crippen LogP contribution in [0.3, 0.4) is 0 Å². The Bertz CT molecular complexity index is 1280. The quantitative estimate of drug-likeness (QED) is 0.0781. The summed E-state index contributed by atoms with van der Waals surface area (Å²) in [6.45, 7) is 8.08. The number of hydrogen-bond donors (Lipinski definition) is 0. The molecule has 3 rings (SSSR count). The number of rotatable bonds is 13. The number of carbonyl (C=O) groups excluding carboxylic acids is 3. The lowest BCUT2D eigenvalue weighted by atomic mass is 9.99. The molecule has 0 spiro atoms. The number of ketones is 2. The number of anilines is 2. The molecule has 0 heterocycles. The van der Waals surface area contributed by atoms with Gasteiger partial charge in [-0.3, -0.25) is 9.59 Å². The van der Waals surface area contributed by atoms with Crippen molar-refractivity contribution in [2.75, 3.05) is 11.4 Å². The minimum Gasteiger partial charge on any atom is -0.342 e. The van der Waals surface area contributed by atoms with Crippen LogP contribution in [0.1, 0.15) is 84.7 Å². The lowest BCUT2D eigenvalue weighted by Gasteiger charge is -2.24. The first-order valence-electron chi connectivity index (χ1n) is 13.2. The molecule has 0 aliphatic carbocycles. The average Bonchev–Trinajstić information content (AvgIpc) is 2.93. The van der Waals surface area contributed by atoms with Crippen molar-refractivity contribution in [3.8, 4) is 0 Å². The Labute approximate surface area is 225 Å². The molecule has 0 aromatic heterocycles. The second kappa shape index (κ2) is 14.0. The highest BCUT2D eigenvalue weighted by Crippen LogP contribution is 2.27. The number of nitrogens with zero attached hydrogens (tertiary/aromatic N) is 2. The summed E-state index contributed by atoms with van der Waals surface area (Å²) in [7, 11) is 0. The van der Waals surface area contributed by atoms with E-state index in [9.17, 15) is 14.4 Å². The van der Waals surface area contributed by atoms with Gasteiger partial charge in [-0.05, 0) is 80.8 Å². The first kappa shape index (κ1) is 28.5. The Balaban J connectivity index is 1.76. The van der Waals surface area contributed by atoms with Gasteiger partial charge in [0.05, 0.1) is 0 Å². The van der Waals surface area contributed by atoms with Gasteiger partial charge in [-0.2, -0.15) is 0 Å². The predicted octanol–water partition coefficient (Wildman–Crippen LogP) is 7.46. The molecule has 3 aromatic carbocycles. The van der Waals surface area contributed by atoms with Crippen molar-refractivity contribution < 1.29 is 19.2 Å². The Morgan fingerprint density at radius 3 is 1.95 bits per heavy atom. The molecule has 3 aromatic rings. The fourth-order valence-corrected chi connectivity index (χ4v) is 4.29. The monoisotopic (exact) mass is 512 g/mol. The molecule has 0 unspecified atom stereocenters. The molecule has 0 atom stereocenters. The number of benzene rings is 3. The Morgan fingerprint density at radius 2 is 1.39 bits per heavy atom. The van der Waals surface area contributed by atoms with E-state index in [1.54, 1.807) is 12.1 Å². The number of Topliss-reactive ketones (excluding diaryl/α,β-unsaturated/α-hetero) is 1. The highest BCUT2D eigenvalue weighted by molar-refractivity contribution is 6.45. The lowest BCUT2D eigenvalue weighted by Crippen LogP contribution is -2.18. The van der Waals surface area contributed by atoms with Crippen molar-refractivity contribution in [2.45, 2.75) is 59.8 Å². The fourth-order valence-electron chi connectivity index (χ4n) is 4.29. The standard InChI is InChI=1S/C32H36N2O4/c1-5-7-8-9-14-30(33-38-24(4)35)32(37)26-17-21-28(22-18-26)34(6-2)27-19-15-25(16-20-27)31(36)29-13-11-10-12-23(29)3/h10-13,15-22H,5-9,14H2,1-4H3/b33-30+. The van der Waals surface area contributed by atoms with Crippen LogP contribution in [0.5, 0.6) is 0 Å². The van der Waals surface area contributed by atoms with Crippen LogP contribution in [0.2, 0.25) is 0 Å². The lowest BCUT2D eigenvalue weighted by molar-refractivity contribution is -0.140. The van der Waals surface area contributed by atoms with Gasteiger partial charge in [0.1, 0.15) is 5.71 Å². The molecule has 0 bridgehead atoms. The van der Waals surface area contributed by atoms with E-state index in [0.29, 0.717) is 29.7 Å². The summed E-state index contributed by atoms with van der Waals surface area (Å²) in [6.07, 6.45) is 4.43. The van der Waals surface area contributed by atoms with E-state index < -0.39 is 5.97 Å². The first-order chi connectivity index (χ1) is 18.3. The van der Waals surface area contributed by atoms with Crippen LogP contribution in [-0.4, -0.2) is 29.8 Å². The van der Waals surface area contributed by atoms with E-state index in [1.165, 1.54) is 6.92 Å². The highest BCUT2D eigenvalue weighted by Gasteiger charge is 2.17. The molecule has 198 valence electrons. The Kier molecular flexibility index (Phi) is 10.5. The van der Waals surface area contributed by atoms with Crippen molar-refractivity contribution in [3.63, 3.8) is 0 Å². The normalized spacial score (nSPS) is 11.2. The maximum atomic E-state index is 13.1. The summed E-state index contributed by atoms with van der Waals surface area (Å²) < 4.78 is 0. The van der Waals surface area contributed by atoms with E-state index >= 15 is 0 Å². The number of unbranched alkanes of at least 4 members (excludes halogenated alkanes) is 3. The minimum atomic E-state index is -0.551. The van der Waals surface area contributed by atoms with Crippen molar-refractivity contribution >= 4 is 34.6 Å². The van der Waals surface area contributed by atoms with Crippen LogP contribution in [0, 0.1) is 6.92 Å². The van der Waals surface area contributed by atoms with Crippen LogP contribution in [0.4, 0.5) is 11.4 Å². The van der Waals surface area contributed by atoms with Crippen molar-refractivity contribution in [3.05, 3.63) is 95.1 Å². The van der Waals surface area contributed by atoms with Crippen LogP contribution < -0.4 is 4.90 Å². The van der Waals surface area contributed by atoms with Crippen molar-refractivity contribution in [1.29, 1.82) is 0 Å². The number of oxime groups is 1. The minimum absolute atomic E-state index is 0.00137. The highest BCUT2D eigenvalue weighted by atomic mass is 16.7. The van der Waals surface area contributed by atoms with Gasteiger partial charge in [0, 0.05) is 41.5 Å². The summed E-state index contributed by atoms with van der Waals surface area (Å²) in [5.74, 6) is -0.790. The van der Waals surface area contributed by atoms with Crippen LogP contribution >= 0.6 is 0 Å². The zero-order valence-electron chi connectivity index (χ0n) is 22.7. The number of carbonyl (C=O) groups is 3. The topological polar surface area (TPSA) is 76.0 Å². The van der Waals surface area contributed by atoms with Gasteiger partial charge in [0.25, 0.3) is 0 Å². The number of aryl methyl sites for hydroxylation is 1. The molecule has 0 fully saturated rings. The summed E-state index contributed by atoms with van der Waals surface area (Å²) >= 11 is 0. The van der Waals surface area contributed by atoms with E-state index in [2.05, 4.69) is 17.0 Å². The van der Waals surface area contributed by atoms with Crippen molar-refractivity contribution in [2.24, 2.45) is 5.16 Å². The molecule has 0 saturated carbocycles. The smallest absolute Gasteiger partial charge is 0.331 e. The maximum absolute atomic E-state index is 13.1. The molecule has 0 saturated heterocycles. The van der Waals surface area contributed by atoms with Gasteiger partial charge in [-0.15, -0.1) is 0 Å². The molecule has 0 aliphatic heterocycles. The van der Waals surface area contributed by atoms with Gasteiger partial charge >= 0.3 is 5.97 Å². The average molecular weight is 513 g/mol. The van der Waals surface area contributed by atoms with E-state index in [-0.39, 0.29) is 17.3 Å². The third-order valence-electron chi connectivity index (χ3n) is 6.40. The summed E-state index contributed by atoms with van der Waals surface area (Å²) in [4.78, 5) is 44.2. The van der Waals surface area contributed by atoms with Gasteiger partial charge in [-0.1, -0.05) is 55.6 Å². The second-order valence-electron chi connectivity index (χ2n) is 9.24. The third kappa shape index (κ3) is 7.48. The molecular formula is C32H36N2O4. The van der Waals surface area contributed by atoms with Crippen LogP contribution in [0.15, 0.2) is 78.0 Å². The van der Waals surface area contributed by atoms with Gasteiger partial charge in [0.15, 0.2) is 5.78 Å². The third-order valence-corrected chi connectivity index (χ3v) is 6.40. The summed E-state index contributed by atoms with van der Waals surface area (Å²) in [6, 6.07) is 22.5. The van der Waals surface area contributed by atoms with Crippen LogP contribution in [0.25, 0.3) is 0 Å². The molecule has 6 nitrogen and oxygen atoms in total. The SMILES string of the molecule is CCCCCC/C(=N\OC(C)=O)C(=O)c1ccc(N(CC)c2ccc(C(=O)c3ccccc3C)cc2)cc1. The van der Waals surface area contributed by atoms with Crippen LogP contribution in [-0.2, 0) is 9.63 Å². The van der Waals surface area contributed by atoms with E-state index in [0.717, 1.165) is 42.6 Å². The Morgan fingerprint density at radius 1 is 0.789 bits per heavy atom. The molecule has 0 aliphatic rings. The predicted molar refractivity (Wildman–Crippen MR) is 152 cm³/mol. The van der Waals surface area contributed by atoms with E-state index in [4.69, 9.17) is 4.84 Å².